The number of amides is 2. The zero-order valence-corrected chi connectivity index (χ0v) is 24.3. The van der Waals surface area contributed by atoms with Crippen LogP contribution in [0.25, 0.3) is 0 Å². The van der Waals surface area contributed by atoms with E-state index in [4.69, 9.17) is 23.2 Å². The molecule has 1 atom stereocenters. The molecular formula is C29H33Cl2N3O4S. The minimum atomic E-state index is -4.19. The van der Waals surface area contributed by atoms with Gasteiger partial charge in [-0.2, -0.15) is 0 Å². The number of hydrogen-bond donors (Lipinski definition) is 1. The molecule has 0 fully saturated rings. The van der Waals surface area contributed by atoms with Gasteiger partial charge in [0.1, 0.15) is 12.6 Å². The predicted molar refractivity (Wildman–Crippen MR) is 157 cm³/mol. The minimum Gasteiger partial charge on any atom is -0.354 e. The van der Waals surface area contributed by atoms with Gasteiger partial charge in [0.2, 0.25) is 11.8 Å². The molecule has 2 amide bonds. The second-order valence-electron chi connectivity index (χ2n) is 9.06. The highest BCUT2D eigenvalue weighted by Gasteiger charge is 2.33. The monoisotopic (exact) mass is 589 g/mol. The molecule has 0 unspecified atom stereocenters. The summed E-state index contributed by atoms with van der Waals surface area (Å²) in [7, 11) is -4.19. The zero-order chi connectivity index (χ0) is 28.4. The van der Waals surface area contributed by atoms with Gasteiger partial charge in [-0.3, -0.25) is 13.9 Å². The molecule has 0 bridgehead atoms. The van der Waals surface area contributed by atoms with E-state index < -0.39 is 28.5 Å². The lowest BCUT2D eigenvalue weighted by molar-refractivity contribution is -0.138. The highest BCUT2D eigenvalue weighted by Crippen LogP contribution is 2.32. The SMILES string of the molecule is CCCCNC(=O)[C@H](C)N(CCc1ccccc1)C(=O)CN(c1ccc(Cl)cc1Cl)S(=O)(=O)c1ccccc1. The van der Waals surface area contributed by atoms with Crippen LogP contribution in [-0.4, -0.2) is 50.8 Å². The van der Waals surface area contributed by atoms with E-state index in [0.717, 1.165) is 22.7 Å². The molecule has 3 aromatic carbocycles. The molecule has 10 heteroatoms. The van der Waals surface area contributed by atoms with Crippen LogP contribution < -0.4 is 9.62 Å². The van der Waals surface area contributed by atoms with Crippen molar-refractivity contribution in [2.45, 2.75) is 44.0 Å². The molecule has 0 radical (unpaired) electrons. The molecule has 0 aliphatic heterocycles. The van der Waals surface area contributed by atoms with Crippen LogP contribution in [0.1, 0.15) is 32.3 Å². The Bertz CT molecular complexity index is 1360. The Morgan fingerprint density at radius 1 is 0.949 bits per heavy atom. The average Bonchev–Trinajstić information content (AvgIpc) is 2.93. The van der Waals surface area contributed by atoms with Crippen molar-refractivity contribution >= 4 is 50.7 Å². The lowest BCUT2D eigenvalue weighted by Gasteiger charge is -2.32. The average molecular weight is 591 g/mol. The van der Waals surface area contributed by atoms with Gasteiger partial charge in [0.25, 0.3) is 10.0 Å². The third-order valence-corrected chi connectivity index (χ3v) is 8.58. The van der Waals surface area contributed by atoms with Crippen molar-refractivity contribution in [2.75, 3.05) is 23.9 Å². The van der Waals surface area contributed by atoms with Crippen LogP contribution in [0.4, 0.5) is 5.69 Å². The number of halogens is 2. The van der Waals surface area contributed by atoms with E-state index in [2.05, 4.69) is 5.32 Å². The Hall–Kier alpha value is -3.07. The second kappa shape index (κ2) is 14.4. The molecule has 0 saturated carbocycles. The largest absolute Gasteiger partial charge is 0.354 e. The maximum absolute atomic E-state index is 13.9. The third kappa shape index (κ3) is 8.21. The van der Waals surface area contributed by atoms with Crippen molar-refractivity contribution < 1.29 is 18.0 Å². The zero-order valence-electron chi connectivity index (χ0n) is 22.0. The molecule has 0 heterocycles. The number of carbonyl (C=O) groups is 2. The Balaban J connectivity index is 1.97. The molecule has 208 valence electrons. The van der Waals surface area contributed by atoms with Gasteiger partial charge in [0, 0.05) is 18.1 Å². The number of benzene rings is 3. The van der Waals surface area contributed by atoms with Gasteiger partial charge in [-0.25, -0.2) is 8.42 Å². The Kier molecular flexibility index (Phi) is 11.2. The van der Waals surface area contributed by atoms with Crippen molar-refractivity contribution in [3.8, 4) is 0 Å². The van der Waals surface area contributed by atoms with Crippen molar-refractivity contribution in [2.24, 2.45) is 0 Å². The molecule has 0 saturated heterocycles. The molecule has 1 N–H and O–H groups in total. The Morgan fingerprint density at radius 2 is 1.59 bits per heavy atom. The standard InChI is InChI=1S/C29H33Cl2N3O4S/c1-3-4-18-32-29(36)22(2)33(19-17-23-11-7-5-8-12-23)28(35)21-34(27-16-15-24(30)20-26(27)31)39(37,38)25-13-9-6-10-14-25/h5-16,20,22H,3-4,17-19,21H2,1-2H3,(H,32,36)/t22-/m0/s1. The van der Waals surface area contributed by atoms with Crippen LogP contribution in [0.5, 0.6) is 0 Å². The molecule has 0 aliphatic carbocycles. The smallest absolute Gasteiger partial charge is 0.264 e. The van der Waals surface area contributed by atoms with E-state index in [1.165, 1.54) is 35.2 Å². The number of nitrogens with zero attached hydrogens (tertiary/aromatic N) is 2. The van der Waals surface area contributed by atoms with E-state index in [-0.39, 0.29) is 28.1 Å². The van der Waals surface area contributed by atoms with E-state index >= 15 is 0 Å². The summed E-state index contributed by atoms with van der Waals surface area (Å²) in [5.74, 6) is -0.832. The second-order valence-corrected chi connectivity index (χ2v) is 11.8. The van der Waals surface area contributed by atoms with Crippen LogP contribution in [0.15, 0.2) is 83.8 Å². The van der Waals surface area contributed by atoms with Crippen LogP contribution in [0, 0.1) is 0 Å². The van der Waals surface area contributed by atoms with Crippen LogP contribution in [0.3, 0.4) is 0 Å². The number of rotatable bonds is 13. The molecule has 39 heavy (non-hydrogen) atoms. The van der Waals surface area contributed by atoms with Gasteiger partial charge < -0.3 is 10.2 Å². The van der Waals surface area contributed by atoms with Gasteiger partial charge in [-0.1, -0.05) is 85.1 Å². The molecule has 0 spiro atoms. The lowest BCUT2D eigenvalue weighted by Crippen LogP contribution is -2.52. The van der Waals surface area contributed by atoms with Crippen molar-refractivity contribution in [1.29, 1.82) is 0 Å². The van der Waals surface area contributed by atoms with Crippen molar-refractivity contribution in [1.82, 2.24) is 10.2 Å². The summed E-state index contributed by atoms with van der Waals surface area (Å²) in [6.07, 6.45) is 2.22. The van der Waals surface area contributed by atoms with Crippen molar-refractivity contribution in [3.63, 3.8) is 0 Å². The van der Waals surface area contributed by atoms with Gasteiger partial charge in [-0.15, -0.1) is 0 Å². The summed E-state index contributed by atoms with van der Waals surface area (Å²) in [4.78, 5) is 28.2. The van der Waals surface area contributed by atoms with E-state index in [0.29, 0.717) is 18.0 Å². The summed E-state index contributed by atoms with van der Waals surface area (Å²) in [6, 6.07) is 21.0. The molecule has 0 aromatic heterocycles. The summed E-state index contributed by atoms with van der Waals surface area (Å²) < 4.78 is 28.5. The molecule has 0 aliphatic rings. The molecule has 7 nitrogen and oxygen atoms in total. The molecular weight excluding hydrogens is 557 g/mol. The highest BCUT2D eigenvalue weighted by atomic mass is 35.5. The van der Waals surface area contributed by atoms with Gasteiger partial charge in [0.15, 0.2) is 0 Å². The first-order chi connectivity index (χ1) is 18.6. The summed E-state index contributed by atoms with van der Waals surface area (Å²) in [6.45, 7) is 3.83. The highest BCUT2D eigenvalue weighted by molar-refractivity contribution is 7.92. The Morgan fingerprint density at radius 3 is 2.21 bits per heavy atom. The van der Waals surface area contributed by atoms with Crippen LogP contribution in [-0.2, 0) is 26.0 Å². The summed E-state index contributed by atoms with van der Waals surface area (Å²) in [5.41, 5.74) is 1.10. The number of hydrogen-bond acceptors (Lipinski definition) is 4. The third-order valence-electron chi connectivity index (χ3n) is 6.27. The maximum atomic E-state index is 13.9. The number of nitrogens with one attached hydrogen (secondary N) is 1. The normalized spacial score (nSPS) is 12.0. The Labute approximate surface area is 240 Å². The maximum Gasteiger partial charge on any atom is 0.264 e. The van der Waals surface area contributed by atoms with Crippen LogP contribution in [0.2, 0.25) is 10.0 Å². The minimum absolute atomic E-state index is 0.00464. The first-order valence-electron chi connectivity index (χ1n) is 12.8. The lowest BCUT2D eigenvalue weighted by atomic mass is 10.1. The van der Waals surface area contributed by atoms with Gasteiger partial charge in [-0.05, 0) is 55.7 Å². The van der Waals surface area contributed by atoms with Gasteiger partial charge >= 0.3 is 0 Å². The topological polar surface area (TPSA) is 86.8 Å². The number of unbranched alkanes of at least 4 members (excludes halogenated alkanes) is 1. The molecule has 3 aromatic rings. The van der Waals surface area contributed by atoms with Gasteiger partial charge in [0.05, 0.1) is 15.6 Å². The number of carbonyl (C=O) groups excluding carboxylic acids is 2. The molecule has 3 rings (SSSR count). The fraction of sp³-hybridized carbons (Fsp3) is 0.310. The van der Waals surface area contributed by atoms with Crippen molar-refractivity contribution in [3.05, 3.63) is 94.5 Å². The summed E-state index contributed by atoms with van der Waals surface area (Å²) >= 11 is 12.5. The summed E-state index contributed by atoms with van der Waals surface area (Å²) in [5, 5.41) is 3.28. The fourth-order valence-electron chi connectivity index (χ4n) is 4.02. The van der Waals surface area contributed by atoms with E-state index in [9.17, 15) is 18.0 Å². The quantitative estimate of drug-likeness (QED) is 0.264. The predicted octanol–water partition coefficient (Wildman–Crippen LogP) is 5.56. The first-order valence-corrected chi connectivity index (χ1v) is 15.0. The van der Waals surface area contributed by atoms with Crippen LogP contribution >= 0.6 is 23.2 Å². The number of sulfonamides is 1. The first kappa shape index (κ1) is 30.5. The fourth-order valence-corrected chi connectivity index (χ4v) is 6.04. The number of anilines is 1. The van der Waals surface area contributed by atoms with E-state index in [1.54, 1.807) is 25.1 Å². The van der Waals surface area contributed by atoms with E-state index in [1.807, 2.05) is 37.3 Å².